The van der Waals surface area contributed by atoms with Gasteiger partial charge in [0.25, 0.3) is 0 Å². The van der Waals surface area contributed by atoms with Gasteiger partial charge in [-0.3, -0.25) is 9.48 Å². The van der Waals surface area contributed by atoms with Gasteiger partial charge in [0.15, 0.2) is 0 Å². The van der Waals surface area contributed by atoms with Crippen LogP contribution >= 0.6 is 0 Å². The minimum atomic E-state index is -0.388. The third-order valence-electron chi connectivity index (χ3n) is 7.14. The fourth-order valence-electron chi connectivity index (χ4n) is 5.32. The van der Waals surface area contributed by atoms with Gasteiger partial charge in [-0.25, -0.2) is 0 Å². The van der Waals surface area contributed by atoms with Crippen molar-refractivity contribution in [3.63, 3.8) is 0 Å². The van der Waals surface area contributed by atoms with E-state index < -0.39 is 0 Å². The van der Waals surface area contributed by atoms with Crippen molar-refractivity contribution >= 4 is 5.91 Å². The van der Waals surface area contributed by atoms with Crippen molar-refractivity contribution in [1.29, 1.82) is 0 Å². The molecule has 5 rings (SSSR count). The summed E-state index contributed by atoms with van der Waals surface area (Å²) < 4.78 is 8.97. The van der Waals surface area contributed by atoms with E-state index in [2.05, 4.69) is 34.8 Å². The fourth-order valence-corrected chi connectivity index (χ4v) is 5.32. The lowest BCUT2D eigenvalue weighted by atomic mass is 9.80. The van der Waals surface area contributed by atoms with Crippen LogP contribution in [0.3, 0.4) is 0 Å². The van der Waals surface area contributed by atoms with Crippen LogP contribution in [0.1, 0.15) is 51.1 Å². The number of carbonyl (C=O) groups is 1. The molecule has 3 aliphatic rings. The second kappa shape index (κ2) is 7.41. The number of hydrogen-bond acceptors (Lipinski definition) is 4. The third-order valence-corrected chi connectivity index (χ3v) is 7.14. The van der Waals surface area contributed by atoms with Crippen molar-refractivity contribution in [2.24, 2.45) is 5.92 Å². The van der Waals surface area contributed by atoms with Crippen molar-refractivity contribution < 1.29 is 9.53 Å². The van der Waals surface area contributed by atoms with Crippen LogP contribution in [0, 0.1) is 5.92 Å². The van der Waals surface area contributed by atoms with Crippen LogP contribution in [0.15, 0.2) is 30.5 Å². The molecule has 0 aliphatic carbocycles. The molecule has 4 heterocycles. The zero-order valence-electron chi connectivity index (χ0n) is 18.3. The Morgan fingerprint density at radius 3 is 2.53 bits per heavy atom. The molecule has 6 nitrogen and oxygen atoms in total. The molecule has 1 aromatic carbocycles. The van der Waals surface area contributed by atoms with Gasteiger partial charge < -0.3 is 14.5 Å². The summed E-state index contributed by atoms with van der Waals surface area (Å²) in [6.07, 6.45) is 5.91. The van der Waals surface area contributed by atoms with E-state index >= 15 is 0 Å². The summed E-state index contributed by atoms with van der Waals surface area (Å²) in [7, 11) is 2.19. The van der Waals surface area contributed by atoms with E-state index in [0.29, 0.717) is 6.04 Å². The summed E-state index contributed by atoms with van der Waals surface area (Å²) >= 11 is 0. The molecular formula is C24H32N4O2. The Labute approximate surface area is 178 Å². The molecule has 0 unspecified atom stereocenters. The molecule has 0 atom stereocenters. The van der Waals surface area contributed by atoms with Crippen LogP contribution in [0.5, 0.6) is 5.75 Å². The molecular weight excluding hydrogens is 376 g/mol. The zero-order valence-corrected chi connectivity index (χ0v) is 18.3. The van der Waals surface area contributed by atoms with E-state index in [-0.39, 0.29) is 17.4 Å². The Kier molecular flexibility index (Phi) is 4.85. The Morgan fingerprint density at radius 2 is 1.83 bits per heavy atom. The summed E-state index contributed by atoms with van der Waals surface area (Å²) in [4.78, 5) is 16.9. The predicted octanol–water partition coefficient (Wildman–Crippen LogP) is 3.68. The molecule has 2 fully saturated rings. The van der Waals surface area contributed by atoms with Crippen LogP contribution < -0.4 is 4.74 Å². The molecule has 1 spiro atoms. The first-order valence-electron chi connectivity index (χ1n) is 11.3. The lowest BCUT2D eigenvalue weighted by Gasteiger charge is -2.45. The SMILES string of the molecule is CC(C)C(=O)N1CCC2(CC1)Oc1ccccc1-c1c2cnn1C1CCN(C)CC1. The van der Waals surface area contributed by atoms with Crippen molar-refractivity contribution in [3.8, 4) is 17.0 Å². The van der Waals surface area contributed by atoms with Crippen LogP contribution in [0.25, 0.3) is 11.3 Å². The first kappa shape index (κ1) is 19.6. The quantitative estimate of drug-likeness (QED) is 0.761. The minimum absolute atomic E-state index is 0.0368. The summed E-state index contributed by atoms with van der Waals surface area (Å²) in [6, 6.07) is 8.80. The fraction of sp³-hybridized carbons (Fsp3) is 0.583. The van der Waals surface area contributed by atoms with Gasteiger partial charge in [0, 0.05) is 43.0 Å². The number of benzene rings is 1. The van der Waals surface area contributed by atoms with E-state index in [1.165, 1.54) is 11.3 Å². The highest BCUT2D eigenvalue weighted by atomic mass is 16.5. The van der Waals surface area contributed by atoms with Crippen molar-refractivity contribution in [2.75, 3.05) is 33.2 Å². The number of hydrogen-bond donors (Lipinski definition) is 0. The van der Waals surface area contributed by atoms with Gasteiger partial charge in [-0.15, -0.1) is 0 Å². The summed E-state index contributed by atoms with van der Waals surface area (Å²) in [5.74, 6) is 1.22. The average molecular weight is 409 g/mol. The van der Waals surface area contributed by atoms with E-state index in [1.54, 1.807) is 0 Å². The molecule has 3 aliphatic heterocycles. The number of ether oxygens (including phenoxy) is 1. The van der Waals surface area contributed by atoms with E-state index in [9.17, 15) is 4.79 Å². The predicted molar refractivity (Wildman–Crippen MR) is 116 cm³/mol. The molecule has 2 saturated heterocycles. The average Bonchev–Trinajstić information content (AvgIpc) is 3.21. The molecule has 0 saturated carbocycles. The molecule has 2 aromatic rings. The Morgan fingerprint density at radius 1 is 1.13 bits per heavy atom. The van der Waals surface area contributed by atoms with Crippen LogP contribution in [-0.2, 0) is 10.4 Å². The van der Waals surface area contributed by atoms with E-state index in [0.717, 1.165) is 63.2 Å². The maximum atomic E-state index is 12.5. The van der Waals surface area contributed by atoms with Crippen molar-refractivity contribution in [1.82, 2.24) is 19.6 Å². The lowest BCUT2D eigenvalue weighted by molar-refractivity contribution is -0.138. The molecule has 6 heteroatoms. The second-order valence-corrected chi connectivity index (χ2v) is 9.46. The monoisotopic (exact) mass is 408 g/mol. The maximum Gasteiger partial charge on any atom is 0.225 e. The van der Waals surface area contributed by atoms with Gasteiger partial charge in [0.05, 0.1) is 17.9 Å². The highest BCUT2D eigenvalue weighted by Crippen LogP contribution is 2.50. The summed E-state index contributed by atoms with van der Waals surface area (Å²) in [5.41, 5.74) is 3.20. The van der Waals surface area contributed by atoms with Gasteiger partial charge >= 0.3 is 0 Å². The van der Waals surface area contributed by atoms with Crippen molar-refractivity contribution in [2.45, 2.75) is 51.2 Å². The molecule has 1 aromatic heterocycles. The van der Waals surface area contributed by atoms with Gasteiger partial charge in [-0.05, 0) is 45.1 Å². The number of rotatable bonds is 2. The Balaban J connectivity index is 1.51. The van der Waals surface area contributed by atoms with Gasteiger partial charge in [0.1, 0.15) is 11.4 Å². The number of piperidine rings is 2. The number of likely N-dealkylation sites (tertiary alicyclic amines) is 2. The molecule has 30 heavy (non-hydrogen) atoms. The second-order valence-electron chi connectivity index (χ2n) is 9.46. The van der Waals surface area contributed by atoms with Crippen LogP contribution in [0.2, 0.25) is 0 Å². The standard InChI is InChI=1S/C24H32N4O2/c1-17(2)23(29)27-14-10-24(11-15-27)20-16-25-28(18-8-12-26(3)13-9-18)22(20)19-6-4-5-7-21(19)30-24/h4-7,16-18H,8-15H2,1-3H3. The lowest BCUT2D eigenvalue weighted by Crippen LogP contribution is -2.49. The first-order chi connectivity index (χ1) is 14.5. The maximum absolute atomic E-state index is 12.5. The highest BCUT2D eigenvalue weighted by molar-refractivity contribution is 5.78. The number of carbonyl (C=O) groups excluding carboxylic acids is 1. The largest absolute Gasteiger partial charge is 0.482 e. The number of amides is 1. The highest BCUT2D eigenvalue weighted by Gasteiger charge is 2.46. The molecule has 0 radical (unpaired) electrons. The molecule has 0 N–H and O–H groups in total. The van der Waals surface area contributed by atoms with Gasteiger partial charge in [-0.2, -0.15) is 5.10 Å². The molecule has 1 amide bonds. The minimum Gasteiger partial charge on any atom is -0.482 e. The van der Waals surface area contributed by atoms with Gasteiger partial charge in [-0.1, -0.05) is 26.0 Å². The van der Waals surface area contributed by atoms with Crippen LogP contribution in [0.4, 0.5) is 0 Å². The van der Waals surface area contributed by atoms with Crippen LogP contribution in [-0.4, -0.2) is 58.7 Å². The number of nitrogens with zero attached hydrogens (tertiary/aromatic N) is 4. The molecule has 160 valence electrons. The number of para-hydroxylation sites is 1. The molecule has 0 bridgehead atoms. The van der Waals surface area contributed by atoms with Crippen molar-refractivity contribution in [3.05, 3.63) is 36.0 Å². The Bertz CT molecular complexity index is 934. The van der Waals surface area contributed by atoms with E-state index in [4.69, 9.17) is 9.84 Å². The summed E-state index contributed by atoms with van der Waals surface area (Å²) in [6.45, 7) is 7.63. The Hall–Kier alpha value is -2.34. The topological polar surface area (TPSA) is 50.6 Å². The zero-order chi connectivity index (χ0) is 20.9. The van der Waals surface area contributed by atoms with E-state index in [1.807, 2.05) is 31.0 Å². The first-order valence-corrected chi connectivity index (χ1v) is 11.3. The third kappa shape index (κ3) is 3.13. The summed E-state index contributed by atoms with van der Waals surface area (Å²) in [5, 5.41) is 4.91. The van der Waals surface area contributed by atoms with Gasteiger partial charge in [0.2, 0.25) is 5.91 Å². The number of aromatic nitrogens is 2. The number of fused-ring (bicyclic) bond motifs is 4. The smallest absolute Gasteiger partial charge is 0.225 e. The normalized spacial score (nSPS) is 21.4.